The van der Waals surface area contributed by atoms with Crippen LogP contribution in [0, 0.1) is 13.8 Å². The van der Waals surface area contributed by atoms with Crippen molar-refractivity contribution >= 4 is 26.8 Å². The number of benzene rings is 1. The van der Waals surface area contributed by atoms with Crippen molar-refractivity contribution in [1.82, 2.24) is 4.57 Å². The van der Waals surface area contributed by atoms with Gasteiger partial charge in [-0.15, -0.1) is 0 Å². The van der Waals surface area contributed by atoms with Crippen LogP contribution in [-0.2, 0) is 7.05 Å². The first-order chi connectivity index (χ1) is 7.07. The molecule has 0 fully saturated rings. The molecule has 0 saturated heterocycles. The molecule has 0 unspecified atom stereocenters. The number of rotatable bonds is 1. The summed E-state index contributed by atoms with van der Waals surface area (Å²) in [6.45, 7) is 4.26. The van der Waals surface area contributed by atoms with E-state index in [1.165, 1.54) is 22.2 Å². The molecule has 0 aliphatic rings. The summed E-state index contributed by atoms with van der Waals surface area (Å²) in [5.41, 5.74) is 3.78. The number of fused-ring (bicyclic) bond motifs is 1. The van der Waals surface area contributed by atoms with Crippen LogP contribution in [0.25, 0.3) is 10.9 Å². The van der Waals surface area contributed by atoms with Gasteiger partial charge in [-0.25, -0.2) is 0 Å². The minimum Gasteiger partial charge on any atom is -0.495 e. The highest BCUT2D eigenvalue weighted by Gasteiger charge is 2.14. The number of methoxy groups -OCH3 is 1. The third-order valence-electron chi connectivity index (χ3n) is 3.07. The second kappa shape index (κ2) is 3.56. The molecule has 2 rings (SSSR count). The average Bonchev–Trinajstić information content (AvgIpc) is 2.44. The van der Waals surface area contributed by atoms with Crippen LogP contribution in [0.1, 0.15) is 11.3 Å². The molecule has 15 heavy (non-hydrogen) atoms. The van der Waals surface area contributed by atoms with Gasteiger partial charge in [0.1, 0.15) is 5.75 Å². The van der Waals surface area contributed by atoms with E-state index in [9.17, 15) is 0 Å². The van der Waals surface area contributed by atoms with Crippen LogP contribution in [0.2, 0.25) is 0 Å². The number of hydrogen-bond acceptors (Lipinski definition) is 1. The molecule has 2 nitrogen and oxygen atoms in total. The molecule has 0 aliphatic heterocycles. The van der Waals surface area contributed by atoms with E-state index in [1.807, 2.05) is 6.07 Å². The normalized spacial score (nSPS) is 11.0. The van der Waals surface area contributed by atoms with Crippen molar-refractivity contribution in [1.29, 1.82) is 0 Å². The van der Waals surface area contributed by atoms with E-state index < -0.39 is 0 Å². The van der Waals surface area contributed by atoms with Crippen molar-refractivity contribution in [3.8, 4) is 5.75 Å². The summed E-state index contributed by atoms with van der Waals surface area (Å²) in [5, 5.41) is 1.20. The molecule has 1 aromatic heterocycles. The predicted molar refractivity (Wildman–Crippen MR) is 66.6 cm³/mol. The molecule has 0 spiro atoms. The van der Waals surface area contributed by atoms with Crippen molar-refractivity contribution in [3.05, 3.63) is 27.9 Å². The van der Waals surface area contributed by atoms with Crippen LogP contribution in [0.5, 0.6) is 5.75 Å². The van der Waals surface area contributed by atoms with Gasteiger partial charge in [0.25, 0.3) is 0 Å². The van der Waals surface area contributed by atoms with Crippen LogP contribution < -0.4 is 4.74 Å². The van der Waals surface area contributed by atoms with Gasteiger partial charge in [0.15, 0.2) is 0 Å². The standard InChI is InChI=1S/C12H14BrNO/c1-7-8(2)14(3)10-6-5-9(13)12(15-4)11(7)10/h5-6H,1-4H3. The van der Waals surface area contributed by atoms with Gasteiger partial charge in [0.2, 0.25) is 0 Å². The molecule has 0 bridgehead atoms. The highest BCUT2D eigenvalue weighted by atomic mass is 79.9. The molecule has 3 heteroatoms. The molecule has 0 N–H and O–H groups in total. The molecule has 2 aromatic rings. The van der Waals surface area contributed by atoms with E-state index in [2.05, 4.69) is 47.5 Å². The lowest BCUT2D eigenvalue weighted by atomic mass is 10.1. The second-order valence-electron chi connectivity index (χ2n) is 3.74. The lowest BCUT2D eigenvalue weighted by Crippen LogP contribution is -1.90. The van der Waals surface area contributed by atoms with Gasteiger partial charge < -0.3 is 9.30 Å². The Bertz CT molecular complexity index is 528. The molecule has 0 saturated carbocycles. The van der Waals surface area contributed by atoms with Crippen LogP contribution >= 0.6 is 15.9 Å². The molecule has 0 aliphatic carbocycles. The zero-order chi connectivity index (χ0) is 11.2. The molecular weight excluding hydrogens is 254 g/mol. The second-order valence-corrected chi connectivity index (χ2v) is 4.60. The minimum atomic E-state index is 0.925. The fourth-order valence-electron chi connectivity index (χ4n) is 2.00. The van der Waals surface area contributed by atoms with E-state index >= 15 is 0 Å². The third kappa shape index (κ3) is 1.37. The van der Waals surface area contributed by atoms with Crippen molar-refractivity contribution in [2.24, 2.45) is 7.05 Å². The maximum atomic E-state index is 5.45. The summed E-state index contributed by atoms with van der Waals surface area (Å²) in [7, 11) is 3.79. The van der Waals surface area contributed by atoms with Crippen LogP contribution in [0.3, 0.4) is 0 Å². The van der Waals surface area contributed by atoms with Crippen molar-refractivity contribution in [2.75, 3.05) is 7.11 Å². The van der Waals surface area contributed by atoms with Crippen LogP contribution in [-0.4, -0.2) is 11.7 Å². The molecular formula is C12H14BrNO. The molecule has 0 radical (unpaired) electrons. The molecule has 0 atom stereocenters. The highest BCUT2D eigenvalue weighted by molar-refractivity contribution is 9.10. The Kier molecular flexibility index (Phi) is 2.51. The molecule has 1 aromatic carbocycles. The maximum Gasteiger partial charge on any atom is 0.142 e. The highest BCUT2D eigenvalue weighted by Crippen LogP contribution is 2.37. The van der Waals surface area contributed by atoms with Gasteiger partial charge in [0, 0.05) is 18.1 Å². The largest absolute Gasteiger partial charge is 0.495 e. The first-order valence-corrected chi connectivity index (χ1v) is 5.65. The molecule has 0 amide bonds. The summed E-state index contributed by atoms with van der Waals surface area (Å²) in [6.07, 6.45) is 0. The SMILES string of the molecule is COc1c(Br)ccc2c1c(C)c(C)n2C. The Morgan fingerprint density at radius 1 is 1.27 bits per heavy atom. The smallest absolute Gasteiger partial charge is 0.142 e. The average molecular weight is 268 g/mol. The number of aryl methyl sites for hydroxylation is 2. The lowest BCUT2D eigenvalue weighted by Gasteiger charge is -2.06. The van der Waals surface area contributed by atoms with Crippen molar-refractivity contribution < 1.29 is 4.74 Å². The van der Waals surface area contributed by atoms with E-state index in [-0.39, 0.29) is 0 Å². The van der Waals surface area contributed by atoms with Crippen LogP contribution in [0.4, 0.5) is 0 Å². The lowest BCUT2D eigenvalue weighted by molar-refractivity contribution is 0.417. The number of hydrogen-bond donors (Lipinski definition) is 0. The zero-order valence-corrected chi connectivity index (χ0v) is 11.0. The Morgan fingerprint density at radius 3 is 2.53 bits per heavy atom. The number of nitrogens with zero attached hydrogens (tertiary/aromatic N) is 1. The minimum absolute atomic E-state index is 0.925. The first-order valence-electron chi connectivity index (χ1n) is 4.86. The first kappa shape index (κ1) is 10.6. The Hall–Kier alpha value is -0.960. The fraction of sp³-hybridized carbons (Fsp3) is 0.333. The van der Waals surface area contributed by atoms with Gasteiger partial charge in [-0.05, 0) is 47.5 Å². The summed E-state index contributed by atoms with van der Waals surface area (Å²) >= 11 is 3.51. The van der Waals surface area contributed by atoms with Crippen molar-refractivity contribution in [3.63, 3.8) is 0 Å². The Labute approximate surface area is 98.0 Å². The summed E-state index contributed by atoms with van der Waals surface area (Å²) in [4.78, 5) is 0. The van der Waals surface area contributed by atoms with Crippen LogP contribution in [0.15, 0.2) is 16.6 Å². The zero-order valence-electron chi connectivity index (χ0n) is 9.39. The molecule has 80 valence electrons. The number of halogens is 1. The molecule has 1 heterocycles. The number of ether oxygens (including phenoxy) is 1. The monoisotopic (exact) mass is 267 g/mol. The van der Waals surface area contributed by atoms with Gasteiger partial charge in [-0.1, -0.05) is 0 Å². The Morgan fingerprint density at radius 2 is 1.93 bits per heavy atom. The van der Waals surface area contributed by atoms with E-state index in [4.69, 9.17) is 4.74 Å². The van der Waals surface area contributed by atoms with Gasteiger partial charge in [-0.3, -0.25) is 0 Å². The summed E-state index contributed by atoms with van der Waals surface area (Å²) in [6, 6.07) is 4.14. The summed E-state index contributed by atoms with van der Waals surface area (Å²) < 4.78 is 8.65. The number of aromatic nitrogens is 1. The van der Waals surface area contributed by atoms with Gasteiger partial charge in [0.05, 0.1) is 17.1 Å². The van der Waals surface area contributed by atoms with E-state index in [0.29, 0.717) is 0 Å². The third-order valence-corrected chi connectivity index (χ3v) is 3.70. The van der Waals surface area contributed by atoms with E-state index in [1.54, 1.807) is 7.11 Å². The predicted octanol–water partition coefficient (Wildman–Crippen LogP) is 3.57. The maximum absolute atomic E-state index is 5.45. The topological polar surface area (TPSA) is 14.2 Å². The van der Waals surface area contributed by atoms with Gasteiger partial charge >= 0.3 is 0 Å². The fourth-order valence-corrected chi connectivity index (χ4v) is 2.49. The van der Waals surface area contributed by atoms with Crippen molar-refractivity contribution in [2.45, 2.75) is 13.8 Å². The quantitative estimate of drug-likeness (QED) is 0.771. The Balaban J connectivity index is 2.98. The summed E-state index contributed by atoms with van der Waals surface area (Å²) in [5.74, 6) is 0.925. The van der Waals surface area contributed by atoms with E-state index in [0.717, 1.165) is 10.2 Å². The van der Waals surface area contributed by atoms with Gasteiger partial charge in [-0.2, -0.15) is 0 Å².